The quantitative estimate of drug-likeness (QED) is 0.514. The predicted octanol–water partition coefficient (Wildman–Crippen LogP) is 2.43. The van der Waals surface area contributed by atoms with Gasteiger partial charge in [0.15, 0.2) is 6.17 Å². The van der Waals surface area contributed by atoms with Crippen molar-refractivity contribution in [1.82, 2.24) is 0 Å². The molecule has 0 radical (unpaired) electrons. The normalized spacial score (nSPS) is 29.8. The first-order valence-electron chi connectivity index (χ1n) is 3.63. The summed E-state index contributed by atoms with van der Waals surface area (Å²) in [6.45, 7) is 1.57. The second-order valence-electron chi connectivity index (χ2n) is 2.65. The van der Waals surface area contributed by atoms with Gasteiger partial charge in [0.25, 0.3) is 0 Å². The molecule has 0 aliphatic heterocycles. The number of hydrogen-bond donors (Lipinski definition) is 0. The number of halogens is 2. The Morgan fingerprint density at radius 3 is 2.73 bits per heavy atom. The van der Waals surface area contributed by atoms with Gasteiger partial charge in [-0.05, 0) is 19.8 Å². The first kappa shape index (κ1) is 8.37. The molecule has 1 rings (SSSR count). The Balaban J connectivity index is 2.96. The molecule has 1 aliphatic rings. The van der Waals surface area contributed by atoms with Gasteiger partial charge in [0, 0.05) is 18.3 Å². The summed E-state index contributed by atoms with van der Waals surface area (Å²) in [5.74, 6) is -0.642. The molecule has 0 heterocycles. The molecule has 0 spiro atoms. The number of alkyl halides is 1. The molecule has 0 saturated heterocycles. The van der Waals surface area contributed by atoms with Crippen LogP contribution in [0.2, 0.25) is 0 Å². The number of aliphatic imine (C=N–C) groups is 1. The van der Waals surface area contributed by atoms with Gasteiger partial charge in [0.2, 0.25) is 0 Å². The van der Waals surface area contributed by atoms with Crippen LogP contribution in [0.15, 0.2) is 16.4 Å². The van der Waals surface area contributed by atoms with Crippen LogP contribution in [0, 0.1) is 0 Å². The lowest BCUT2D eigenvalue weighted by atomic mass is 9.96. The SMILES string of the molecule is CN=C1CCC(F)C(F)=C1C. The van der Waals surface area contributed by atoms with Crippen molar-refractivity contribution in [3.05, 3.63) is 11.4 Å². The van der Waals surface area contributed by atoms with Crippen molar-refractivity contribution in [1.29, 1.82) is 0 Å². The molecule has 1 nitrogen and oxygen atoms in total. The van der Waals surface area contributed by atoms with Crippen LogP contribution < -0.4 is 0 Å². The van der Waals surface area contributed by atoms with E-state index in [4.69, 9.17) is 0 Å². The minimum absolute atomic E-state index is 0.232. The third-order valence-electron chi connectivity index (χ3n) is 1.97. The third kappa shape index (κ3) is 1.47. The Morgan fingerprint density at radius 1 is 1.55 bits per heavy atom. The summed E-state index contributed by atoms with van der Waals surface area (Å²) >= 11 is 0. The highest BCUT2D eigenvalue weighted by Gasteiger charge is 2.23. The molecule has 0 fully saturated rings. The fourth-order valence-corrected chi connectivity index (χ4v) is 1.23. The molecular weight excluding hydrogens is 148 g/mol. The van der Waals surface area contributed by atoms with E-state index in [2.05, 4.69) is 4.99 Å². The topological polar surface area (TPSA) is 12.4 Å². The standard InChI is InChI=1S/C8H11F2N/c1-5-7(11-2)4-3-6(9)8(5)10/h6H,3-4H2,1-2H3. The van der Waals surface area contributed by atoms with Gasteiger partial charge in [-0.15, -0.1) is 0 Å². The predicted molar refractivity (Wildman–Crippen MR) is 41.3 cm³/mol. The summed E-state index contributed by atoms with van der Waals surface area (Å²) in [6, 6.07) is 0. The molecule has 0 N–H and O–H groups in total. The second-order valence-corrected chi connectivity index (χ2v) is 2.65. The summed E-state index contributed by atoms with van der Waals surface area (Å²) in [5, 5.41) is 0. The van der Waals surface area contributed by atoms with Crippen molar-refractivity contribution >= 4 is 5.71 Å². The van der Waals surface area contributed by atoms with Gasteiger partial charge >= 0.3 is 0 Å². The van der Waals surface area contributed by atoms with E-state index in [9.17, 15) is 8.78 Å². The van der Waals surface area contributed by atoms with E-state index in [1.54, 1.807) is 14.0 Å². The van der Waals surface area contributed by atoms with Gasteiger partial charge in [-0.3, -0.25) is 4.99 Å². The minimum Gasteiger partial charge on any atom is -0.293 e. The van der Waals surface area contributed by atoms with E-state index in [0.717, 1.165) is 0 Å². The van der Waals surface area contributed by atoms with Crippen molar-refractivity contribution in [3.8, 4) is 0 Å². The lowest BCUT2D eigenvalue weighted by Gasteiger charge is -2.16. The maximum atomic E-state index is 12.8. The molecule has 0 aromatic rings. The maximum Gasteiger partial charge on any atom is 0.152 e. The fourth-order valence-electron chi connectivity index (χ4n) is 1.23. The van der Waals surface area contributed by atoms with E-state index < -0.39 is 12.0 Å². The number of nitrogens with zero attached hydrogens (tertiary/aromatic N) is 1. The molecule has 0 aromatic carbocycles. The molecule has 62 valence electrons. The van der Waals surface area contributed by atoms with Crippen molar-refractivity contribution < 1.29 is 8.78 Å². The summed E-state index contributed by atoms with van der Waals surface area (Å²) < 4.78 is 25.5. The Morgan fingerprint density at radius 2 is 2.18 bits per heavy atom. The van der Waals surface area contributed by atoms with E-state index in [1.165, 1.54) is 0 Å². The monoisotopic (exact) mass is 159 g/mol. The first-order valence-corrected chi connectivity index (χ1v) is 3.63. The van der Waals surface area contributed by atoms with Gasteiger partial charge < -0.3 is 0 Å². The van der Waals surface area contributed by atoms with Crippen LogP contribution in [-0.4, -0.2) is 18.9 Å². The average molecular weight is 159 g/mol. The summed E-state index contributed by atoms with van der Waals surface area (Å²) in [4.78, 5) is 3.87. The highest BCUT2D eigenvalue weighted by molar-refractivity contribution is 6.00. The van der Waals surface area contributed by atoms with Crippen LogP contribution in [0.1, 0.15) is 19.8 Å². The lowest BCUT2D eigenvalue weighted by Crippen LogP contribution is -2.16. The molecule has 1 unspecified atom stereocenters. The van der Waals surface area contributed by atoms with Crippen molar-refractivity contribution in [3.63, 3.8) is 0 Å². The highest BCUT2D eigenvalue weighted by atomic mass is 19.2. The van der Waals surface area contributed by atoms with Gasteiger partial charge in [-0.25, -0.2) is 8.78 Å². The maximum absolute atomic E-state index is 12.8. The van der Waals surface area contributed by atoms with Gasteiger partial charge in [0.1, 0.15) is 5.83 Å². The van der Waals surface area contributed by atoms with Crippen molar-refractivity contribution in [2.45, 2.75) is 25.9 Å². The third-order valence-corrected chi connectivity index (χ3v) is 1.97. The molecule has 11 heavy (non-hydrogen) atoms. The van der Waals surface area contributed by atoms with E-state index >= 15 is 0 Å². The molecular formula is C8H11F2N. The fraction of sp³-hybridized carbons (Fsp3) is 0.625. The second kappa shape index (κ2) is 3.11. The van der Waals surface area contributed by atoms with Crippen LogP contribution in [0.3, 0.4) is 0 Å². The lowest BCUT2D eigenvalue weighted by molar-refractivity contribution is 0.305. The Hall–Kier alpha value is -0.730. The molecule has 0 amide bonds. The average Bonchev–Trinajstić information content (AvgIpc) is 2.01. The largest absolute Gasteiger partial charge is 0.293 e. The van der Waals surface area contributed by atoms with Crippen LogP contribution in [0.4, 0.5) is 8.78 Å². The smallest absolute Gasteiger partial charge is 0.152 e. The Bertz CT molecular complexity index is 218. The molecule has 1 atom stereocenters. The van der Waals surface area contributed by atoms with Crippen LogP contribution in [0.5, 0.6) is 0 Å². The van der Waals surface area contributed by atoms with Gasteiger partial charge in [-0.2, -0.15) is 0 Å². The number of hydrogen-bond acceptors (Lipinski definition) is 1. The number of allylic oxidation sites excluding steroid dienone is 2. The molecule has 0 bridgehead atoms. The molecule has 0 saturated carbocycles. The zero-order chi connectivity index (χ0) is 8.43. The zero-order valence-corrected chi connectivity index (χ0v) is 6.69. The number of rotatable bonds is 0. The highest BCUT2D eigenvalue weighted by Crippen LogP contribution is 2.26. The zero-order valence-electron chi connectivity index (χ0n) is 6.69. The van der Waals surface area contributed by atoms with Crippen molar-refractivity contribution in [2.75, 3.05) is 7.05 Å². The van der Waals surface area contributed by atoms with Crippen LogP contribution >= 0.6 is 0 Å². The Labute approximate surface area is 64.8 Å². The van der Waals surface area contributed by atoms with Crippen LogP contribution in [0.25, 0.3) is 0 Å². The van der Waals surface area contributed by atoms with Crippen molar-refractivity contribution in [2.24, 2.45) is 4.99 Å². The van der Waals surface area contributed by atoms with Gasteiger partial charge in [-0.1, -0.05) is 0 Å². The summed E-state index contributed by atoms with van der Waals surface area (Å²) in [7, 11) is 1.60. The minimum atomic E-state index is -1.40. The molecule has 3 heteroatoms. The Kier molecular flexibility index (Phi) is 2.37. The van der Waals surface area contributed by atoms with E-state index in [-0.39, 0.29) is 6.42 Å². The van der Waals surface area contributed by atoms with Crippen LogP contribution in [-0.2, 0) is 0 Å². The summed E-state index contributed by atoms with van der Waals surface area (Å²) in [6.07, 6.45) is -0.618. The van der Waals surface area contributed by atoms with E-state index in [0.29, 0.717) is 17.7 Å². The first-order chi connectivity index (χ1) is 5.16. The summed E-state index contributed by atoms with van der Waals surface area (Å²) in [5.41, 5.74) is 1.07. The van der Waals surface area contributed by atoms with E-state index in [1.807, 2.05) is 0 Å². The van der Waals surface area contributed by atoms with Gasteiger partial charge in [0.05, 0.1) is 0 Å². The molecule has 1 aliphatic carbocycles. The molecule has 0 aromatic heterocycles.